The van der Waals surface area contributed by atoms with Crippen LogP contribution < -0.4 is 4.74 Å². The predicted molar refractivity (Wildman–Crippen MR) is 95.7 cm³/mol. The van der Waals surface area contributed by atoms with E-state index in [0.29, 0.717) is 22.9 Å². The zero-order chi connectivity index (χ0) is 17.5. The molecule has 0 saturated carbocycles. The van der Waals surface area contributed by atoms with Gasteiger partial charge in [-0.1, -0.05) is 11.6 Å². The number of methoxy groups -OCH3 is 1. The zero-order valence-corrected chi connectivity index (χ0v) is 15.5. The molecule has 1 amide bonds. The van der Waals surface area contributed by atoms with Gasteiger partial charge in [-0.05, 0) is 44.5 Å². The minimum atomic E-state index is 0.0280. The van der Waals surface area contributed by atoms with Gasteiger partial charge in [-0.2, -0.15) is 0 Å². The highest BCUT2D eigenvalue weighted by molar-refractivity contribution is 6.30. The van der Waals surface area contributed by atoms with Crippen molar-refractivity contribution < 1.29 is 14.3 Å². The normalized spacial score (nSPS) is 21.8. The van der Waals surface area contributed by atoms with Crippen molar-refractivity contribution in [1.29, 1.82) is 0 Å². The molecule has 1 saturated heterocycles. The minimum absolute atomic E-state index is 0.0280. The molecule has 2 atom stereocenters. The fourth-order valence-corrected chi connectivity index (χ4v) is 3.29. The number of nitrogens with zero attached hydrogens (tertiary/aromatic N) is 2. The van der Waals surface area contributed by atoms with Crippen molar-refractivity contribution >= 4 is 17.5 Å². The Kier molecular flexibility index (Phi) is 7.34. The second-order valence-corrected chi connectivity index (χ2v) is 6.76. The molecule has 1 heterocycles. The molecule has 0 aliphatic carbocycles. The van der Waals surface area contributed by atoms with Crippen molar-refractivity contribution in [2.24, 2.45) is 0 Å². The number of hydrogen-bond donors (Lipinski definition) is 0. The van der Waals surface area contributed by atoms with E-state index in [-0.39, 0.29) is 12.5 Å². The fraction of sp³-hybridized carbons (Fsp3) is 0.611. The summed E-state index contributed by atoms with van der Waals surface area (Å²) in [6.07, 6.45) is 1.01. The average molecular weight is 355 g/mol. The molecular formula is C18H27ClN2O3. The Morgan fingerprint density at radius 1 is 1.21 bits per heavy atom. The maximum Gasteiger partial charge on any atom is 0.260 e. The Morgan fingerprint density at radius 2 is 1.83 bits per heavy atom. The molecule has 1 aromatic rings. The first-order valence-corrected chi connectivity index (χ1v) is 8.80. The summed E-state index contributed by atoms with van der Waals surface area (Å²) in [4.78, 5) is 16.8. The lowest BCUT2D eigenvalue weighted by atomic mass is 10.1. The number of amides is 1. The van der Waals surface area contributed by atoms with E-state index in [2.05, 4.69) is 18.7 Å². The van der Waals surface area contributed by atoms with Crippen LogP contribution in [0.1, 0.15) is 20.3 Å². The Balaban J connectivity index is 1.82. The van der Waals surface area contributed by atoms with E-state index in [9.17, 15) is 4.79 Å². The maximum atomic E-state index is 12.4. The second-order valence-electron chi connectivity index (χ2n) is 6.32. The Hall–Kier alpha value is -1.30. The summed E-state index contributed by atoms with van der Waals surface area (Å²) < 4.78 is 10.7. The molecule has 0 N–H and O–H groups in total. The first-order valence-electron chi connectivity index (χ1n) is 8.42. The standard InChI is InChI=1S/C18H27ClN2O3/c1-14-11-20(12-15(2)21(14)9-4-10-23-3)18(22)13-24-17-7-5-16(19)6-8-17/h5-8,14-15H,4,9-13H2,1-3H3. The third kappa shape index (κ3) is 5.36. The van der Waals surface area contributed by atoms with Gasteiger partial charge >= 0.3 is 0 Å². The third-order valence-corrected chi connectivity index (χ3v) is 4.65. The van der Waals surface area contributed by atoms with Crippen LogP contribution in [0.2, 0.25) is 5.02 Å². The Morgan fingerprint density at radius 3 is 2.42 bits per heavy atom. The molecule has 0 aromatic heterocycles. The molecule has 1 aliphatic heterocycles. The molecule has 1 fully saturated rings. The summed E-state index contributed by atoms with van der Waals surface area (Å²) in [5.74, 6) is 0.687. The summed E-state index contributed by atoms with van der Waals surface area (Å²) in [7, 11) is 1.73. The van der Waals surface area contributed by atoms with Crippen LogP contribution in [-0.4, -0.2) is 67.7 Å². The lowest BCUT2D eigenvalue weighted by Gasteiger charge is -2.44. The predicted octanol–water partition coefficient (Wildman–Crippen LogP) is 2.68. The van der Waals surface area contributed by atoms with Crippen molar-refractivity contribution in [3.63, 3.8) is 0 Å². The molecule has 5 nitrogen and oxygen atoms in total. The smallest absolute Gasteiger partial charge is 0.260 e. The summed E-state index contributed by atoms with van der Waals surface area (Å²) >= 11 is 5.84. The van der Waals surface area contributed by atoms with Crippen LogP contribution in [0.4, 0.5) is 0 Å². The number of piperazine rings is 1. The Bertz CT molecular complexity index is 512. The highest BCUT2D eigenvalue weighted by Gasteiger charge is 2.31. The van der Waals surface area contributed by atoms with Crippen molar-refractivity contribution in [1.82, 2.24) is 9.80 Å². The van der Waals surface area contributed by atoms with Crippen LogP contribution in [0.5, 0.6) is 5.75 Å². The molecule has 2 rings (SSSR count). The van der Waals surface area contributed by atoms with Gasteiger partial charge in [0.15, 0.2) is 6.61 Å². The molecular weight excluding hydrogens is 328 g/mol. The SMILES string of the molecule is COCCCN1C(C)CN(C(=O)COc2ccc(Cl)cc2)CC1C. The third-order valence-electron chi connectivity index (χ3n) is 4.39. The van der Waals surface area contributed by atoms with E-state index in [1.165, 1.54) is 0 Å². The number of halogens is 1. The summed E-state index contributed by atoms with van der Waals surface area (Å²) in [6, 6.07) is 7.73. The molecule has 1 aromatic carbocycles. The molecule has 24 heavy (non-hydrogen) atoms. The molecule has 0 spiro atoms. The molecule has 0 radical (unpaired) electrons. The average Bonchev–Trinajstić information content (AvgIpc) is 2.56. The van der Waals surface area contributed by atoms with Crippen molar-refractivity contribution in [3.05, 3.63) is 29.3 Å². The van der Waals surface area contributed by atoms with Gasteiger partial charge in [0.2, 0.25) is 0 Å². The molecule has 134 valence electrons. The van der Waals surface area contributed by atoms with Gasteiger partial charge in [-0.3, -0.25) is 9.69 Å². The number of carbonyl (C=O) groups excluding carboxylic acids is 1. The minimum Gasteiger partial charge on any atom is -0.484 e. The highest BCUT2D eigenvalue weighted by Crippen LogP contribution is 2.18. The van der Waals surface area contributed by atoms with Gasteiger partial charge in [-0.25, -0.2) is 0 Å². The van der Waals surface area contributed by atoms with Crippen molar-refractivity contribution in [2.45, 2.75) is 32.4 Å². The highest BCUT2D eigenvalue weighted by atomic mass is 35.5. The van der Waals surface area contributed by atoms with Crippen LogP contribution in [0, 0.1) is 0 Å². The van der Waals surface area contributed by atoms with E-state index in [0.717, 1.165) is 32.7 Å². The first kappa shape index (κ1) is 19.0. The zero-order valence-electron chi connectivity index (χ0n) is 14.7. The molecule has 2 unspecified atom stereocenters. The number of hydrogen-bond acceptors (Lipinski definition) is 4. The summed E-state index contributed by atoms with van der Waals surface area (Å²) in [6.45, 7) is 7.64. The number of carbonyl (C=O) groups is 1. The van der Waals surface area contributed by atoms with Crippen LogP contribution >= 0.6 is 11.6 Å². The molecule has 0 bridgehead atoms. The first-order chi connectivity index (χ1) is 11.5. The van der Waals surface area contributed by atoms with Gasteiger partial charge in [0.1, 0.15) is 5.75 Å². The van der Waals surface area contributed by atoms with Crippen LogP contribution in [0.15, 0.2) is 24.3 Å². The van der Waals surface area contributed by atoms with Crippen LogP contribution in [-0.2, 0) is 9.53 Å². The summed E-state index contributed by atoms with van der Waals surface area (Å²) in [5, 5.41) is 0.654. The number of benzene rings is 1. The van der Waals surface area contributed by atoms with E-state index in [1.807, 2.05) is 4.90 Å². The maximum absolute atomic E-state index is 12.4. The number of rotatable bonds is 7. The Labute approximate surface area is 149 Å². The lowest BCUT2D eigenvalue weighted by Crippen LogP contribution is -2.58. The van der Waals surface area contributed by atoms with Crippen LogP contribution in [0.25, 0.3) is 0 Å². The quantitative estimate of drug-likeness (QED) is 0.706. The largest absolute Gasteiger partial charge is 0.484 e. The van der Waals surface area contributed by atoms with Gasteiger partial charge in [0, 0.05) is 50.5 Å². The van der Waals surface area contributed by atoms with E-state index in [4.69, 9.17) is 21.1 Å². The topological polar surface area (TPSA) is 42.0 Å². The van der Waals surface area contributed by atoms with E-state index >= 15 is 0 Å². The van der Waals surface area contributed by atoms with Gasteiger partial charge < -0.3 is 14.4 Å². The molecule has 6 heteroatoms. The van der Waals surface area contributed by atoms with E-state index in [1.54, 1.807) is 31.4 Å². The fourth-order valence-electron chi connectivity index (χ4n) is 3.16. The van der Waals surface area contributed by atoms with Crippen molar-refractivity contribution in [2.75, 3.05) is 40.0 Å². The van der Waals surface area contributed by atoms with Gasteiger partial charge in [0.25, 0.3) is 5.91 Å². The van der Waals surface area contributed by atoms with Crippen LogP contribution in [0.3, 0.4) is 0 Å². The monoisotopic (exact) mass is 354 g/mol. The van der Waals surface area contributed by atoms with E-state index < -0.39 is 0 Å². The number of ether oxygens (including phenoxy) is 2. The van der Waals surface area contributed by atoms with Gasteiger partial charge in [0.05, 0.1) is 0 Å². The molecule has 1 aliphatic rings. The second kappa shape index (κ2) is 9.25. The lowest BCUT2D eigenvalue weighted by molar-refractivity contribution is -0.137. The van der Waals surface area contributed by atoms with Gasteiger partial charge in [-0.15, -0.1) is 0 Å². The van der Waals surface area contributed by atoms with Crippen molar-refractivity contribution in [3.8, 4) is 5.75 Å². The summed E-state index contributed by atoms with van der Waals surface area (Å²) in [5.41, 5.74) is 0.